The molecule has 21 heavy (non-hydrogen) atoms. The summed E-state index contributed by atoms with van der Waals surface area (Å²) in [4.78, 5) is 36.3. The molecule has 1 heterocycles. The van der Waals surface area contributed by atoms with Crippen molar-refractivity contribution in [2.45, 2.75) is 37.9 Å². The number of rotatable bonds is 4. The second-order valence-corrected chi connectivity index (χ2v) is 6.73. The van der Waals surface area contributed by atoms with Crippen LogP contribution >= 0.6 is 27.3 Å². The maximum atomic E-state index is 12.2. The van der Waals surface area contributed by atoms with Gasteiger partial charge in [-0.15, -0.1) is 11.3 Å². The van der Waals surface area contributed by atoms with Crippen molar-refractivity contribution >= 4 is 49.9 Å². The van der Waals surface area contributed by atoms with Crippen LogP contribution in [0.25, 0.3) is 0 Å². The molecule has 0 aliphatic heterocycles. The van der Waals surface area contributed by atoms with E-state index in [0.29, 0.717) is 40.3 Å². The number of alkyl halides is 1. The monoisotopic (exact) mass is 373 g/mol. The van der Waals surface area contributed by atoms with Crippen molar-refractivity contribution in [2.24, 2.45) is 0 Å². The summed E-state index contributed by atoms with van der Waals surface area (Å²) < 4.78 is 5.06. The Balaban J connectivity index is 2.48. The average Bonchev–Trinajstić information content (AvgIpc) is 2.82. The van der Waals surface area contributed by atoms with E-state index >= 15 is 0 Å². The number of halogens is 1. The number of esters is 1. The Morgan fingerprint density at radius 3 is 2.76 bits per heavy atom. The first-order valence-electron chi connectivity index (χ1n) is 6.80. The summed E-state index contributed by atoms with van der Waals surface area (Å²) in [5.41, 5.74) is 1.04. The van der Waals surface area contributed by atoms with Gasteiger partial charge in [-0.1, -0.05) is 22.9 Å². The number of ether oxygens (including phenoxy) is 1. The molecule has 1 aromatic rings. The third-order valence-electron chi connectivity index (χ3n) is 3.22. The predicted molar refractivity (Wildman–Crippen MR) is 84.6 cm³/mol. The van der Waals surface area contributed by atoms with Gasteiger partial charge in [0.25, 0.3) is 0 Å². The maximum absolute atomic E-state index is 12.2. The van der Waals surface area contributed by atoms with E-state index in [4.69, 9.17) is 4.74 Å². The molecular weight excluding hydrogens is 358 g/mol. The summed E-state index contributed by atoms with van der Waals surface area (Å²) in [6, 6.07) is 0. The number of fused-ring (bicyclic) bond motifs is 1. The van der Waals surface area contributed by atoms with Gasteiger partial charge in [-0.25, -0.2) is 4.79 Å². The number of carbonyl (C=O) groups excluding carboxylic acids is 3. The molecule has 0 saturated heterocycles. The maximum Gasteiger partial charge on any atom is 0.341 e. The molecule has 0 bridgehead atoms. The molecule has 114 valence electrons. The number of hydrogen-bond acceptors (Lipinski definition) is 5. The first-order chi connectivity index (χ1) is 9.99. The number of thiophene rings is 1. The van der Waals surface area contributed by atoms with Crippen molar-refractivity contribution in [3.63, 3.8) is 0 Å². The molecule has 2 rings (SSSR count). The van der Waals surface area contributed by atoms with Crippen LogP contribution in [0.1, 0.15) is 52.3 Å². The topological polar surface area (TPSA) is 72.5 Å². The lowest BCUT2D eigenvalue weighted by molar-refractivity contribution is -0.115. The first kappa shape index (κ1) is 16.2. The molecule has 0 fully saturated rings. The van der Waals surface area contributed by atoms with Gasteiger partial charge >= 0.3 is 5.97 Å². The number of anilines is 1. The van der Waals surface area contributed by atoms with E-state index in [9.17, 15) is 14.4 Å². The van der Waals surface area contributed by atoms with Crippen LogP contribution in [-0.2, 0) is 16.0 Å². The van der Waals surface area contributed by atoms with Gasteiger partial charge < -0.3 is 10.1 Å². The van der Waals surface area contributed by atoms with Gasteiger partial charge in [-0.3, -0.25) is 9.59 Å². The highest BCUT2D eigenvalue weighted by Gasteiger charge is 2.34. The minimum Gasteiger partial charge on any atom is -0.462 e. The minimum atomic E-state index is -0.484. The lowest BCUT2D eigenvalue weighted by Crippen LogP contribution is -2.22. The molecule has 1 atom stereocenters. The highest BCUT2D eigenvalue weighted by molar-refractivity contribution is 9.10. The molecule has 7 heteroatoms. The van der Waals surface area contributed by atoms with E-state index in [1.54, 1.807) is 13.8 Å². The molecule has 1 N–H and O–H groups in total. The Morgan fingerprint density at radius 2 is 2.14 bits per heavy atom. The smallest absolute Gasteiger partial charge is 0.341 e. The van der Waals surface area contributed by atoms with Gasteiger partial charge in [-0.05, 0) is 25.3 Å². The zero-order chi connectivity index (χ0) is 15.6. The van der Waals surface area contributed by atoms with E-state index in [2.05, 4.69) is 21.2 Å². The highest BCUT2D eigenvalue weighted by Crippen LogP contribution is 2.40. The van der Waals surface area contributed by atoms with Crippen molar-refractivity contribution < 1.29 is 19.1 Å². The number of nitrogens with one attached hydrogen (secondary N) is 1. The highest BCUT2D eigenvalue weighted by atomic mass is 79.9. The zero-order valence-corrected chi connectivity index (χ0v) is 14.2. The van der Waals surface area contributed by atoms with Gasteiger partial charge in [-0.2, -0.15) is 0 Å². The summed E-state index contributed by atoms with van der Waals surface area (Å²) in [7, 11) is 0. The van der Waals surface area contributed by atoms with E-state index in [-0.39, 0.29) is 23.1 Å². The van der Waals surface area contributed by atoms with Crippen molar-refractivity contribution in [3.05, 3.63) is 16.0 Å². The van der Waals surface area contributed by atoms with Gasteiger partial charge in [0.1, 0.15) is 5.00 Å². The fourth-order valence-electron chi connectivity index (χ4n) is 2.17. The second kappa shape index (κ2) is 6.70. The lowest BCUT2D eigenvalue weighted by Gasteiger charge is -2.16. The number of hydrogen-bond donors (Lipinski definition) is 1. The molecule has 1 amide bonds. The Hall–Kier alpha value is -1.21. The second-order valence-electron chi connectivity index (χ2n) is 4.61. The average molecular weight is 374 g/mol. The Bertz CT molecular complexity index is 596. The van der Waals surface area contributed by atoms with Crippen LogP contribution in [0.4, 0.5) is 5.00 Å². The molecule has 5 nitrogen and oxygen atoms in total. The summed E-state index contributed by atoms with van der Waals surface area (Å²) in [5.74, 6) is -0.715. The van der Waals surface area contributed by atoms with Crippen LogP contribution in [0, 0.1) is 0 Å². The van der Waals surface area contributed by atoms with E-state index in [1.165, 1.54) is 0 Å². The molecule has 0 spiro atoms. The number of amides is 1. The fourth-order valence-corrected chi connectivity index (χ4v) is 4.03. The summed E-state index contributed by atoms with van der Waals surface area (Å²) in [6.07, 6.45) is 1.56. The van der Waals surface area contributed by atoms with E-state index < -0.39 is 5.97 Å². The van der Waals surface area contributed by atoms with Crippen LogP contribution in [0.2, 0.25) is 0 Å². The number of ketones is 1. The molecule has 1 aromatic heterocycles. The third kappa shape index (κ3) is 3.18. The Labute approximate surface area is 135 Å². The SMILES string of the molecule is CCOC(=O)c1c(NC(=O)CC)sc2c1CCC(Br)C2=O. The van der Waals surface area contributed by atoms with Crippen molar-refractivity contribution in [3.8, 4) is 0 Å². The first-order valence-corrected chi connectivity index (χ1v) is 8.53. The molecular formula is C14H16BrNO4S. The van der Waals surface area contributed by atoms with Crippen molar-refractivity contribution in [2.75, 3.05) is 11.9 Å². The molecule has 1 aliphatic rings. The van der Waals surface area contributed by atoms with Crippen molar-refractivity contribution in [1.29, 1.82) is 0 Å². The Kier molecular flexibility index (Phi) is 5.16. The van der Waals surface area contributed by atoms with Crippen LogP contribution in [-0.4, -0.2) is 29.1 Å². The van der Waals surface area contributed by atoms with Gasteiger partial charge in [0.15, 0.2) is 5.78 Å². The van der Waals surface area contributed by atoms with E-state index in [0.717, 1.165) is 11.3 Å². The van der Waals surface area contributed by atoms with Crippen LogP contribution in [0.3, 0.4) is 0 Å². The predicted octanol–water partition coefficient (Wildman–Crippen LogP) is 3.17. The summed E-state index contributed by atoms with van der Waals surface area (Å²) >= 11 is 4.50. The van der Waals surface area contributed by atoms with Crippen LogP contribution in [0.5, 0.6) is 0 Å². The summed E-state index contributed by atoms with van der Waals surface area (Å²) in [6.45, 7) is 3.70. The molecule has 1 unspecified atom stereocenters. The largest absolute Gasteiger partial charge is 0.462 e. The van der Waals surface area contributed by atoms with Gasteiger partial charge in [0, 0.05) is 6.42 Å². The third-order valence-corrected chi connectivity index (χ3v) is 5.25. The Morgan fingerprint density at radius 1 is 1.43 bits per heavy atom. The standard InChI is InChI=1S/C14H16BrNO4S/c1-3-9(17)16-13-10(14(19)20-4-2)7-5-6-8(15)11(18)12(7)21-13/h8H,3-6H2,1-2H3,(H,16,17). The molecule has 0 aromatic carbocycles. The summed E-state index contributed by atoms with van der Waals surface area (Å²) in [5, 5.41) is 3.12. The van der Waals surface area contributed by atoms with E-state index in [1.807, 2.05) is 0 Å². The number of Topliss-reactive ketones (excluding diaryl/α,β-unsaturated/α-hetero) is 1. The van der Waals surface area contributed by atoms with Gasteiger partial charge in [0.2, 0.25) is 5.91 Å². The zero-order valence-electron chi connectivity index (χ0n) is 11.8. The normalized spacial score (nSPS) is 17.3. The van der Waals surface area contributed by atoms with Crippen molar-refractivity contribution in [1.82, 2.24) is 0 Å². The minimum absolute atomic E-state index is 0.0382. The van der Waals surface area contributed by atoms with Crippen LogP contribution in [0.15, 0.2) is 0 Å². The fraction of sp³-hybridized carbons (Fsp3) is 0.500. The molecule has 0 radical (unpaired) electrons. The molecule has 1 aliphatic carbocycles. The molecule has 0 saturated carbocycles. The lowest BCUT2D eigenvalue weighted by atomic mass is 9.94. The van der Waals surface area contributed by atoms with Gasteiger partial charge in [0.05, 0.1) is 21.9 Å². The van der Waals surface area contributed by atoms with Crippen LogP contribution < -0.4 is 5.32 Å². The number of carbonyl (C=O) groups is 3. The quantitative estimate of drug-likeness (QED) is 0.649.